The van der Waals surface area contributed by atoms with Crippen molar-refractivity contribution in [3.05, 3.63) is 0 Å². The molecule has 0 aromatic heterocycles. The first-order valence-corrected chi connectivity index (χ1v) is 18.2. The zero-order valence-corrected chi connectivity index (χ0v) is 27.8. The summed E-state index contributed by atoms with van der Waals surface area (Å²) in [5.74, 6) is 3.00. The standard InChI is InChI=1S/C36H56N2O6/c1-32(2)27-9-7-22-24-16-26-23(6-8-25(42-26)30-33(3,4)44-31(39)37-30)34(24,5)12-13-35(22)20-36(27,35)11-10-28(32)43-29-17-38(14-15-41-29)21-18-40-19-21/h21-30H,6-20H2,1-5H3,(H,37,39)/t22?,23?,24?,25?,26?,27?,28-,29?,30-,34?,35?,36?/m0/s1. The van der Waals surface area contributed by atoms with E-state index in [9.17, 15) is 4.79 Å². The highest BCUT2D eigenvalue weighted by Crippen LogP contribution is 2.87. The number of rotatable bonds is 4. The third-order valence-electron chi connectivity index (χ3n) is 15.8. The zero-order valence-electron chi connectivity index (χ0n) is 27.8. The maximum absolute atomic E-state index is 12.1. The van der Waals surface area contributed by atoms with Crippen LogP contribution in [-0.4, -0.2) is 86.2 Å². The number of carbonyl (C=O) groups excluding carboxylic acids is 1. The minimum atomic E-state index is -0.518. The molecule has 0 aromatic rings. The van der Waals surface area contributed by atoms with E-state index < -0.39 is 5.60 Å². The normalized spacial score (nSPS) is 54.0. The number of nitrogens with zero attached hydrogens (tertiary/aromatic N) is 1. The van der Waals surface area contributed by atoms with Crippen LogP contribution >= 0.6 is 0 Å². The molecule has 4 saturated heterocycles. The van der Waals surface area contributed by atoms with Crippen LogP contribution in [-0.2, 0) is 23.7 Å². The largest absolute Gasteiger partial charge is 0.441 e. The van der Waals surface area contributed by atoms with Crippen LogP contribution in [0.1, 0.15) is 98.8 Å². The summed E-state index contributed by atoms with van der Waals surface area (Å²) >= 11 is 0. The average molecular weight is 613 g/mol. The lowest BCUT2D eigenvalue weighted by Crippen LogP contribution is -2.58. The van der Waals surface area contributed by atoms with Gasteiger partial charge in [-0.2, -0.15) is 0 Å². The average Bonchev–Trinajstić information content (AvgIpc) is 3.39. The maximum Gasteiger partial charge on any atom is 0.408 e. The number of hydrogen-bond donors (Lipinski definition) is 1. The van der Waals surface area contributed by atoms with Gasteiger partial charge in [0.15, 0.2) is 6.29 Å². The van der Waals surface area contributed by atoms with E-state index in [1.807, 2.05) is 13.8 Å². The summed E-state index contributed by atoms with van der Waals surface area (Å²) in [5.41, 5.74) is 1.08. The van der Waals surface area contributed by atoms with Crippen LogP contribution in [0.2, 0.25) is 0 Å². The molecule has 9 fully saturated rings. The molecule has 0 aromatic carbocycles. The number of morpholine rings is 1. The molecule has 5 aliphatic carbocycles. The van der Waals surface area contributed by atoms with Crippen molar-refractivity contribution in [2.45, 2.75) is 141 Å². The molecule has 44 heavy (non-hydrogen) atoms. The molecule has 0 bridgehead atoms. The van der Waals surface area contributed by atoms with Gasteiger partial charge in [-0.1, -0.05) is 20.8 Å². The van der Waals surface area contributed by atoms with Crippen molar-refractivity contribution in [2.24, 2.45) is 45.3 Å². The van der Waals surface area contributed by atoms with Gasteiger partial charge < -0.3 is 29.0 Å². The number of amides is 1. The number of alkyl carbamates (subject to hydrolysis) is 1. The van der Waals surface area contributed by atoms with Crippen molar-refractivity contribution in [2.75, 3.05) is 32.9 Å². The lowest BCUT2D eigenvalue weighted by Gasteiger charge is -2.60. The quantitative estimate of drug-likeness (QED) is 0.448. The Hall–Kier alpha value is -0.930. The van der Waals surface area contributed by atoms with Crippen LogP contribution < -0.4 is 5.32 Å². The van der Waals surface area contributed by atoms with Gasteiger partial charge in [0.2, 0.25) is 0 Å². The fourth-order valence-corrected chi connectivity index (χ4v) is 13.6. The van der Waals surface area contributed by atoms with Crippen molar-refractivity contribution in [1.82, 2.24) is 10.2 Å². The van der Waals surface area contributed by atoms with E-state index >= 15 is 0 Å². The van der Waals surface area contributed by atoms with Gasteiger partial charge in [-0.25, -0.2) is 4.79 Å². The van der Waals surface area contributed by atoms with Gasteiger partial charge >= 0.3 is 6.09 Å². The van der Waals surface area contributed by atoms with Crippen LogP contribution in [0.4, 0.5) is 4.79 Å². The van der Waals surface area contributed by atoms with Crippen molar-refractivity contribution >= 4 is 6.09 Å². The van der Waals surface area contributed by atoms with E-state index in [1.54, 1.807) is 0 Å². The van der Waals surface area contributed by atoms with E-state index in [2.05, 4.69) is 31.0 Å². The Bertz CT molecular complexity index is 1190. The molecule has 8 nitrogen and oxygen atoms in total. The fourth-order valence-electron chi connectivity index (χ4n) is 13.6. The summed E-state index contributed by atoms with van der Waals surface area (Å²) < 4.78 is 31.2. The van der Waals surface area contributed by atoms with Crippen molar-refractivity contribution in [1.29, 1.82) is 0 Å². The number of nitrogens with one attached hydrogen (secondary N) is 1. The zero-order chi connectivity index (χ0) is 30.3. The second kappa shape index (κ2) is 9.58. The van der Waals surface area contributed by atoms with Crippen LogP contribution in [0.3, 0.4) is 0 Å². The molecule has 1 amide bonds. The minimum Gasteiger partial charge on any atom is -0.441 e. The van der Waals surface area contributed by atoms with Crippen LogP contribution in [0.15, 0.2) is 0 Å². The molecule has 10 unspecified atom stereocenters. The summed E-state index contributed by atoms with van der Waals surface area (Å²) in [4.78, 5) is 14.6. The minimum absolute atomic E-state index is 0.0526. The molecule has 246 valence electrons. The summed E-state index contributed by atoms with van der Waals surface area (Å²) in [6.45, 7) is 16.1. The topological polar surface area (TPSA) is 78.5 Å². The number of carbonyl (C=O) groups is 1. The van der Waals surface area contributed by atoms with Crippen LogP contribution in [0.5, 0.6) is 0 Å². The Morgan fingerprint density at radius 2 is 1.70 bits per heavy atom. The molecule has 9 aliphatic rings. The molecule has 5 saturated carbocycles. The summed E-state index contributed by atoms with van der Waals surface area (Å²) in [5, 5.41) is 3.09. The molecule has 1 N–H and O–H groups in total. The Morgan fingerprint density at radius 1 is 0.886 bits per heavy atom. The first-order chi connectivity index (χ1) is 21.0. The van der Waals surface area contributed by atoms with E-state index in [-0.39, 0.29) is 36.0 Å². The highest BCUT2D eigenvalue weighted by Gasteiger charge is 2.80. The van der Waals surface area contributed by atoms with Crippen molar-refractivity contribution < 1.29 is 28.5 Å². The monoisotopic (exact) mass is 612 g/mol. The lowest BCUT2D eigenvalue weighted by molar-refractivity contribution is -0.253. The van der Waals surface area contributed by atoms with Crippen LogP contribution in [0, 0.1) is 45.3 Å². The second-order valence-corrected chi connectivity index (χ2v) is 18.1. The first-order valence-electron chi connectivity index (χ1n) is 18.2. The molecule has 4 heterocycles. The van der Waals surface area contributed by atoms with E-state index in [0.29, 0.717) is 34.3 Å². The SMILES string of the molecule is CC12CCC34CC35CC[C@H](OC3CN(C6COC6)CCO3)C(C)(C)C5CCC4C1CC1OC([C@@H]3NC(=O)OC3(C)C)CCC12. The summed E-state index contributed by atoms with van der Waals surface area (Å²) in [6.07, 6.45) is 13.2. The number of ether oxygens (including phenoxy) is 5. The van der Waals surface area contributed by atoms with Gasteiger partial charge in [-0.05, 0) is 123 Å². The van der Waals surface area contributed by atoms with Gasteiger partial charge in [-0.15, -0.1) is 0 Å². The third-order valence-corrected chi connectivity index (χ3v) is 15.8. The molecule has 8 heteroatoms. The smallest absolute Gasteiger partial charge is 0.408 e. The summed E-state index contributed by atoms with van der Waals surface area (Å²) in [6, 6.07) is 0.486. The van der Waals surface area contributed by atoms with Crippen molar-refractivity contribution in [3.63, 3.8) is 0 Å². The first kappa shape index (κ1) is 29.2. The summed E-state index contributed by atoms with van der Waals surface area (Å²) in [7, 11) is 0. The van der Waals surface area contributed by atoms with Gasteiger partial charge in [0, 0.05) is 6.54 Å². The molecular formula is C36H56N2O6. The van der Waals surface area contributed by atoms with Gasteiger partial charge in [0.05, 0.1) is 56.8 Å². The Labute approximate surface area is 263 Å². The Kier molecular flexibility index (Phi) is 6.36. The predicted octanol–water partition coefficient (Wildman–Crippen LogP) is 5.52. The lowest BCUT2D eigenvalue weighted by atomic mass is 9.46. The predicted molar refractivity (Wildman–Crippen MR) is 164 cm³/mol. The van der Waals surface area contributed by atoms with E-state index in [0.717, 1.165) is 57.1 Å². The van der Waals surface area contributed by atoms with Crippen molar-refractivity contribution in [3.8, 4) is 0 Å². The van der Waals surface area contributed by atoms with Gasteiger partial charge in [0.1, 0.15) is 5.60 Å². The molecule has 2 spiro atoms. The Morgan fingerprint density at radius 3 is 2.45 bits per heavy atom. The highest BCUT2D eigenvalue weighted by molar-refractivity contribution is 5.71. The number of cyclic esters (lactones) is 1. The number of fused-ring (bicyclic) bond motifs is 4. The van der Waals surface area contributed by atoms with Crippen LogP contribution in [0.25, 0.3) is 0 Å². The third kappa shape index (κ3) is 3.90. The molecule has 12 atom stereocenters. The molecular weight excluding hydrogens is 556 g/mol. The fraction of sp³-hybridized carbons (Fsp3) is 0.972. The van der Waals surface area contributed by atoms with E-state index in [4.69, 9.17) is 23.7 Å². The van der Waals surface area contributed by atoms with E-state index in [1.165, 1.54) is 57.8 Å². The molecule has 9 rings (SSSR count). The van der Waals surface area contributed by atoms with Gasteiger partial charge in [-0.3, -0.25) is 4.90 Å². The number of hydrogen-bond acceptors (Lipinski definition) is 7. The molecule has 4 aliphatic heterocycles. The Balaban J connectivity index is 0.902. The van der Waals surface area contributed by atoms with Gasteiger partial charge in [0.25, 0.3) is 0 Å². The highest BCUT2D eigenvalue weighted by atomic mass is 16.7. The second-order valence-electron chi connectivity index (χ2n) is 18.1. The maximum atomic E-state index is 12.1. The molecule has 0 radical (unpaired) electrons.